The van der Waals surface area contributed by atoms with Crippen LogP contribution >= 0.6 is 0 Å². The molecule has 3 aromatic carbocycles. The molecule has 42 heavy (non-hydrogen) atoms. The maximum absolute atomic E-state index is 14.3. The lowest BCUT2D eigenvalue weighted by Crippen LogP contribution is -2.62. The number of likely N-dealkylation sites (tertiary alicyclic amines) is 1. The van der Waals surface area contributed by atoms with Crippen molar-refractivity contribution in [2.24, 2.45) is 11.3 Å². The summed E-state index contributed by atoms with van der Waals surface area (Å²) in [6.07, 6.45) is 5.36. The summed E-state index contributed by atoms with van der Waals surface area (Å²) in [6, 6.07) is 26.0. The van der Waals surface area contributed by atoms with Gasteiger partial charge in [-0.05, 0) is 68.0 Å². The van der Waals surface area contributed by atoms with Crippen molar-refractivity contribution in [3.8, 4) is 5.75 Å². The van der Waals surface area contributed by atoms with Crippen molar-refractivity contribution >= 4 is 11.8 Å². The molecule has 3 aliphatic carbocycles. The molecule has 5 unspecified atom stereocenters. The van der Waals surface area contributed by atoms with E-state index in [1.54, 1.807) is 0 Å². The normalized spacial score (nSPS) is 29.7. The molecule has 3 fully saturated rings. The topological polar surface area (TPSA) is 78.9 Å². The molecule has 2 bridgehead atoms. The molecule has 5 atom stereocenters. The summed E-state index contributed by atoms with van der Waals surface area (Å²) >= 11 is 0. The second-order valence-electron chi connectivity index (χ2n) is 12.7. The molecule has 3 aromatic rings. The lowest BCUT2D eigenvalue weighted by Gasteiger charge is -2.60. The largest absolute Gasteiger partial charge is 0.493 e. The number of nitrogens with one attached hydrogen (secondary N) is 1. The number of rotatable bonds is 10. The fourth-order valence-corrected chi connectivity index (χ4v) is 9.03. The van der Waals surface area contributed by atoms with Crippen LogP contribution in [0.4, 0.5) is 0 Å². The van der Waals surface area contributed by atoms with Gasteiger partial charge < -0.3 is 20.1 Å². The quantitative estimate of drug-likeness (QED) is 0.330. The first-order valence-electron chi connectivity index (χ1n) is 15.6. The maximum Gasteiger partial charge on any atom is 0.311 e. The first kappa shape index (κ1) is 27.4. The average Bonchev–Trinajstić information content (AvgIpc) is 3.71. The summed E-state index contributed by atoms with van der Waals surface area (Å²) in [5.41, 5.74) is 2.70. The summed E-state index contributed by atoms with van der Waals surface area (Å²) in [5.74, 6) is -0.519. The molecule has 2 heterocycles. The Hall–Kier alpha value is -3.48. The number of benzene rings is 3. The molecule has 218 valence electrons. The van der Waals surface area contributed by atoms with Crippen molar-refractivity contribution in [1.82, 2.24) is 10.2 Å². The van der Waals surface area contributed by atoms with Crippen LogP contribution in [-0.2, 0) is 21.4 Å². The highest BCUT2D eigenvalue weighted by molar-refractivity contribution is 5.91. The number of hydrogen-bond donors (Lipinski definition) is 2. The Balaban J connectivity index is 1.21. The van der Waals surface area contributed by atoms with E-state index in [0.29, 0.717) is 13.2 Å². The molecule has 6 nitrogen and oxygen atoms in total. The van der Waals surface area contributed by atoms with Crippen LogP contribution in [0.2, 0.25) is 0 Å². The number of ether oxygens (including phenoxy) is 1. The highest BCUT2D eigenvalue weighted by Gasteiger charge is 2.72. The minimum Gasteiger partial charge on any atom is -0.493 e. The van der Waals surface area contributed by atoms with Gasteiger partial charge >= 0.3 is 5.97 Å². The zero-order valence-corrected chi connectivity index (χ0v) is 24.1. The SMILES string of the molecule is O=C(Cc1ccccc1OCCCN1CCCC1)C1NCC2(C(=O)O)C3CCC(c4ccccc4)(c4ccccc43)C12. The number of nitrogens with zero attached hydrogens (tertiary/aromatic N) is 1. The molecule has 0 spiro atoms. The Bertz CT molecular complexity index is 1470. The number of aliphatic carboxylic acids is 1. The molecule has 6 heteroatoms. The molecule has 1 saturated carbocycles. The Morgan fingerprint density at radius 1 is 0.952 bits per heavy atom. The zero-order chi connectivity index (χ0) is 28.7. The lowest BCUT2D eigenvalue weighted by molar-refractivity contribution is -0.158. The fraction of sp³-hybridized carbons (Fsp3) is 0.444. The van der Waals surface area contributed by atoms with E-state index in [1.807, 2.05) is 48.5 Å². The molecule has 2 N–H and O–H groups in total. The van der Waals surface area contributed by atoms with Crippen molar-refractivity contribution in [1.29, 1.82) is 0 Å². The maximum atomic E-state index is 14.3. The van der Waals surface area contributed by atoms with Crippen LogP contribution in [0.5, 0.6) is 5.75 Å². The smallest absolute Gasteiger partial charge is 0.311 e. The van der Waals surface area contributed by atoms with Gasteiger partial charge in [-0.25, -0.2) is 0 Å². The number of Topliss-reactive ketones (excluding diaryl/α,β-unsaturated/α-hetero) is 1. The second-order valence-corrected chi connectivity index (χ2v) is 12.7. The van der Waals surface area contributed by atoms with E-state index in [0.717, 1.165) is 48.2 Å². The molecule has 0 amide bonds. The van der Waals surface area contributed by atoms with Crippen LogP contribution < -0.4 is 10.1 Å². The number of carbonyl (C=O) groups excluding carboxylic acids is 1. The molecule has 0 aromatic heterocycles. The third kappa shape index (κ3) is 4.22. The number of para-hydroxylation sites is 1. The second kappa shape index (κ2) is 11.0. The van der Waals surface area contributed by atoms with Gasteiger partial charge in [-0.1, -0.05) is 72.8 Å². The minimum absolute atomic E-state index is 0.0385. The number of fused-ring (bicyclic) bond motifs is 1. The molecular formula is C36H40N2O4. The molecule has 8 rings (SSSR count). The molecular weight excluding hydrogens is 524 g/mol. The number of hydrogen-bond acceptors (Lipinski definition) is 5. The monoisotopic (exact) mass is 564 g/mol. The first-order valence-corrected chi connectivity index (χ1v) is 15.6. The van der Waals surface area contributed by atoms with Gasteiger partial charge in [-0.2, -0.15) is 0 Å². The van der Waals surface area contributed by atoms with Gasteiger partial charge in [-0.3, -0.25) is 9.59 Å². The van der Waals surface area contributed by atoms with Crippen LogP contribution in [0, 0.1) is 11.3 Å². The van der Waals surface area contributed by atoms with Gasteiger partial charge in [0.15, 0.2) is 5.78 Å². The molecule has 2 saturated heterocycles. The van der Waals surface area contributed by atoms with E-state index in [1.165, 1.54) is 31.5 Å². The first-order chi connectivity index (χ1) is 20.6. The number of carbonyl (C=O) groups is 2. The summed E-state index contributed by atoms with van der Waals surface area (Å²) < 4.78 is 6.22. The molecule has 0 radical (unpaired) electrons. The standard InChI is InChI=1S/C36H40N2O4/c39-30(23-25-11-4-7-16-31(25)42-22-10-21-38-19-8-9-20-38)32-33-35(26-12-2-1-3-13-26)18-17-29(27-14-5-6-15-28(27)35)36(33,24-37-32)34(40)41/h1-7,11-16,29,32-33,37H,8-10,17-24H2,(H,40,41). The Labute approximate surface area is 248 Å². The summed E-state index contributed by atoms with van der Waals surface area (Å²) in [7, 11) is 0. The number of carboxylic acids is 1. The van der Waals surface area contributed by atoms with Crippen LogP contribution in [0.15, 0.2) is 78.9 Å². The zero-order valence-electron chi connectivity index (χ0n) is 24.1. The van der Waals surface area contributed by atoms with Crippen molar-refractivity contribution in [2.75, 3.05) is 32.8 Å². The minimum atomic E-state index is -1.05. The summed E-state index contributed by atoms with van der Waals surface area (Å²) in [6.45, 7) is 4.30. The van der Waals surface area contributed by atoms with Crippen LogP contribution in [-0.4, -0.2) is 60.6 Å². The molecule has 2 aliphatic heterocycles. The average molecular weight is 565 g/mol. The summed E-state index contributed by atoms with van der Waals surface area (Å²) in [4.78, 5) is 30.2. The highest BCUT2D eigenvalue weighted by atomic mass is 16.5. The Morgan fingerprint density at radius 3 is 2.50 bits per heavy atom. The predicted molar refractivity (Wildman–Crippen MR) is 162 cm³/mol. The van der Waals surface area contributed by atoms with Gasteiger partial charge in [-0.15, -0.1) is 0 Å². The highest BCUT2D eigenvalue weighted by Crippen LogP contribution is 2.69. The van der Waals surface area contributed by atoms with E-state index < -0.39 is 22.8 Å². The molecule has 5 aliphatic rings. The van der Waals surface area contributed by atoms with Gasteiger partial charge in [0, 0.05) is 42.3 Å². The fourth-order valence-electron chi connectivity index (χ4n) is 9.03. The van der Waals surface area contributed by atoms with Crippen LogP contribution in [0.1, 0.15) is 60.3 Å². The Kier molecular flexibility index (Phi) is 7.15. The van der Waals surface area contributed by atoms with E-state index >= 15 is 0 Å². The third-order valence-corrected chi connectivity index (χ3v) is 10.7. The van der Waals surface area contributed by atoms with Gasteiger partial charge in [0.2, 0.25) is 0 Å². The van der Waals surface area contributed by atoms with Gasteiger partial charge in [0.05, 0.1) is 18.1 Å². The number of ketones is 1. The van der Waals surface area contributed by atoms with E-state index in [-0.39, 0.29) is 24.0 Å². The van der Waals surface area contributed by atoms with Gasteiger partial charge in [0.1, 0.15) is 5.75 Å². The van der Waals surface area contributed by atoms with E-state index in [2.05, 4.69) is 40.5 Å². The van der Waals surface area contributed by atoms with Crippen molar-refractivity contribution in [2.45, 2.75) is 55.9 Å². The van der Waals surface area contributed by atoms with E-state index in [4.69, 9.17) is 4.74 Å². The van der Waals surface area contributed by atoms with Crippen molar-refractivity contribution in [3.05, 3.63) is 101 Å². The predicted octanol–water partition coefficient (Wildman–Crippen LogP) is 5.20. The van der Waals surface area contributed by atoms with Crippen molar-refractivity contribution < 1.29 is 19.4 Å². The number of carboxylic acid groups (broad SMARTS) is 1. The summed E-state index contributed by atoms with van der Waals surface area (Å²) in [5, 5.41) is 14.5. The Morgan fingerprint density at radius 2 is 1.69 bits per heavy atom. The van der Waals surface area contributed by atoms with E-state index in [9.17, 15) is 14.7 Å². The van der Waals surface area contributed by atoms with Gasteiger partial charge in [0.25, 0.3) is 0 Å². The third-order valence-electron chi connectivity index (χ3n) is 10.7. The van der Waals surface area contributed by atoms with Crippen LogP contribution in [0.25, 0.3) is 0 Å². The van der Waals surface area contributed by atoms with Crippen LogP contribution in [0.3, 0.4) is 0 Å². The van der Waals surface area contributed by atoms with Crippen molar-refractivity contribution in [3.63, 3.8) is 0 Å². The lowest BCUT2D eigenvalue weighted by atomic mass is 9.41.